The average molecular weight is 1060 g/mol. The van der Waals surface area contributed by atoms with E-state index in [9.17, 15) is 26.4 Å². The first-order valence-corrected chi connectivity index (χ1v) is 29.0. The number of ether oxygens (including phenoxy) is 2. The molecule has 2 aromatic carbocycles. The highest BCUT2D eigenvalue weighted by molar-refractivity contribution is 7.95. The second kappa shape index (κ2) is 21.4. The molecular formula is C52H70N12O8S2. The molecule has 2 aromatic heterocycles. The van der Waals surface area contributed by atoms with Gasteiger partial charge in [0.1, 0.15) is 11.2 Å². The van der Waals surface area contributed by atoms with Crippen molar-refractivity contribution < 1.29 is 35.9 Å². The molecule has 6 heterocycles. The highest BCUT2D eigenvalue weighted by atomic mass is 32.2. The minimum Gasteiger partial charge on any atom is -0.444 e. The van der Waals surface area contributed by atoms with E-state index in [0.717, 1.165) is 106 Å². The van der Waals surface area contributed by atoms with Gasteiger partial charge in [0, 0.05) is 111 Å². The maximum atomic E-state index is 12.9. The number of hydrogen-bond donors (Lipinski definition) is 2. The van der Waals surface area contributed by atoms with Gasteiger partial charge in [-0.15, -0.1) is 0 Å². The lowest BCUT2D eigenvalue weighted by molar-refractivity contribution is 0.0230. The molecule has 0 bridgehead atoms. The number of hydrogen-bond acceptors (Lipinski definition) is 16. The topological polar surface area (TPSA) is 216 Å². The fraction of sp³-hybridized carbons (Fsp3) is 0.538. The summed E-state index contributed by atoms with van der Waals surface area (Å²) < 4.78 is 65.5. The second-order valence-corrected chi connectivity index (χ2v) is 25.3. The van der Waals surface area contributed by atoms with Crippen molar-refractivity contribution in [2.45, 2.75) is 123 Å². The maximum Gasteiger partial charge on any atom is 0.410 e. The molecule has 74 heavy (non-hydrogen) atoms. The number of benzene rings is 2. The van der Waals surface area contributed by atoms with Gasteiger partial charge in [0.05, 0.1) is 11.2 Å². The number of aryl methyl sites for hydroxylation is 1. The SMILES string of the molecule is CC(C)(C)OC(=O)N1CCN(c2ccc(Nc3ncc4c(n3)N(C3CCCC3)S(=O)(=O)C=C4)cc2)CC1.CC(C)(C)OC(=O)N1CCN(c2ccc(Nc3ncc4c(n3)N(C3CCCC3)S(=O)(=O)CC4)cc2)CC1. The van der Waals surface area contributed by atoms with Crippen molar-refractivity contribution in [3.8, 4) is 0 Å². The van der Waals surface area contributed by atoms with E-state index in [1.54, 1.807) is 32.6 Å². The quantitative estimate of drug-likeness (QED) is 0.170. The van der Waals surface area contributed by atoms with Crippen LogP contribution < -0.4 is 29.0 Å². The molecule has 0 spiro atoms. The number of aromatic nitrogens is 4. The molecule has 2 N–H and O–H groups in total. The number of fused-ring (bicyclic) bond motifs is 2. The second-order valence-electron chi connectivity index (χ2n) is 21.6. The van der Waals surface area contributed by atoms with Crippen LogP contribution in [0.25, 0.3) is 6.08 Å². The van der Waals surface area contributed by atoms with Crippen molar-refractivity contribution in [2.24, 2.45) is 0 Å². The first kappa shape index (κ1) is 52.4. The van der Waals surface area contributed by atoms with Crippen LogP contribution in [0, 0.1) is 0 Å². The summed E-state index contributed by atoms with van der Waals surface area (Å²) in [5, 5.41) is 7.69. The van der Waals surface area contributed by atoms with Crippen LogP contribution in [0.5, 0.6) is 0 Å². The Labute approximate surface area is 435 Å². The van der Waals surface area contributed by atoms with E-state index in [-0.39, 0.29) is 30.0 Å². The summed E-state index contributed by atoms with van der Waals surface area (Å²) in [4.78, 5) is 50.7. The Balaban J connectivity index is 0.000000182. The Kier molecular flexibility index (Phi) is 15.2. The van der Waals surface area contributed by atoms with Gasteiger partial charge in [0.25, 0.3) is 10.0 Å². The summed E-state index contributed by atoms with van der Waals surface area (Å²) >= 11 is 0. The van der Waals surface area contributed by atoms with Crippen molar-refractivity contribution in [1.82, 2.24) is 29.7 Å². The van der Waals surface area contributed by atoms with E-state index in [1.165, 1.54) is 9.71 Å². The summed E-state index contributed by atoms with van der Waals surface area (Å²) in [5.74, 6) is 1.81. The highest BCUT2D eigenvalue weighted by Gasteiger charge is 2.39. The maximum absolute atomic E-state index is 12.9. The Hall–Kier alpha value is -6.42. The summed E-state index contributed by atoms with van der Waals surface area (Å²) in [6, 6.07) is 15.8. The number of nitrogens with one attached hydrogen (secondary N) is 2. The fourth-order valence-corrected chi connectivity index (χ4v) is 13.4. The van der Waals surface area contributed by atoms with Crippen LogP contribution in [0.4, 0.5) is 55.9 Å². The lowest BCUT2D eigenvalue weighted by Crippen LogP contribution is -2.50. The Bertz CT molecular complexity index is 2900. The number of carbonyl (C=O) groups is 2. The molecule has 0 atom stereocenters. The fourth-order valence-electron chi connectivity index (χ4n) is 10.2. The first-order chi connectivity index (χ1) is 35.2. The molecule has 4 aromatic rings. The van der Waals surface area contributed by atoms with E-state index >= 15 is 0 Å². The lowest BCUT2D eigenvalue weighted by Gasteiger charge is -2.36. The van der Waals surface area contributed by atoms with Crippen LogP contribution >= 0.6 is 0 Å². The summed E-state index contributed by atoms with van der Waals surface area (Å²) in [6.07, 6.45) is 12.4. The molecule has 20 nitrogen and oxygen atoms in total. The smallest absolute Gasteiger partial charge is 0.410 e. The van der Waals surface area contributed by atoms with Crippen LogP contribution in [0.1, 0.15) is 104 Å². The van der Waals surface area contributed by atoms with Crippen molar-refractivity contribution in [2.75, 3.05) is 87.2 Å². The largest absolute Gasteiger partial charge is 0.444 e. The summed E-state index contributed by atoms with van der Waals surface area (Å²) in [7, 11) is -6.92. The number of anilines is 8. The molecule has 10 rings (SSSR count). The van der Waals surface area contributed by atoms with E-state index < -0.39 is 31.2 Å². The molecule has 0 unspecified atom stereocenters. The van der Waals surface area contributed by atoms with Gasteiger partial charge in [-0.05, 0) is 128 Å². The van der Waals surface area contributed by atoms with Gasteiger partial charge in [0.2, 0.25) is 21.9 Å². The van der Waals surface area contributed by atoms with Crippen molar-refractivity contribution in [3.63, 3.8) is 0 Å². The van der Waals surface area contributed by atoms with Gasteiger partial charge in [0.15, 0.2) is 11.6 Å². The molecule has 6 aliphatic rings. The van der Waals surface area contributed by atoms with E-state index in [4.69, 9.17) is 9.47 Å². The third-order valence-corrected chi connectivity index (χ3v) is 17.1. The van der Waals surface area contributed by atoms with Gasteiger partial charge in [-0.1, -0.05) is 25.7 Å². The summed E-state index contributed by atoms with van der Waals surface area (Å²) in [5.41, 5.74) is 4.34. The van der Waals surface area contributed by atoms with Crippen LogP contribution in [0.3, 0.4) is 0 Å². The molecule has 2 saturated carbocycles. The molecule has 22 heteroatoms. The minimum absolute atomic E-state index is 0.0122. The molecular weight excluding hydrogens is 985 g/mol. The number of sulfonamides is 2. The third kappa shape index (κ3) is 12.6. The Morgan fingerprint density at radius 2 is 1.01 bits per heavy atom. The number of piperazine rings is 2. The Morgan fingerprint density at radius 3 is 1.47 bits per heavy atom. The molecule has 2 amide bonds. The standard InChI is InChI=1S/C26H36N6O4S.C26H34N6O4S/c2*1-26(2,3)36-25(33)31-15-13-30(14-16-31)21-10-8-20(9-11-21)28-24-27-18-19-12-17-37(34,35)32(23(19)29-24)22-6-4-5-7-22/h8-11,18,22H,4-7,12-17H2,1-3H3,(H,27,28,29);8-12,17-18,22H,4-7,13-16H2,1-3H3,(H,27,28,29). The predicted molar refractivity (Wildman–Crippen MR) is 288 cm³/mol. The molecule has 2 aliphatic carbocycles. The number of rotatable bonds is 8. The molecule has 4 fully saturated rings. The zero-order valence-electron chi connectivity index (χ0n) is 43.4. The molecule has 398 valence electrons. The Morgan fingerprint density at radius 1 is 0.581 bits per heavy atom. The first-order valence-electron chi connectivity index (χ1n) is 25.9. The van der Waals surface area contributed by atoms with E-state index in [0.29, 0.717) is 61.7 Å². The van der Waals surface area contributed by atoms with Crippen LogP contribution in [-0.4, -0.2) is 140 Å². The zero-order valence-corrected chi connectivity index (χ0v) is 45.0. The highest BCUT2D eigenvalue weighted by Crippen LogP contribution is 2.38. The van der Waals surface area contributed by atoms with Gasteiger partial charge in [-0.2, -0.15) is 9.97 Å². The molecule has 2 saturated heterocycles. The zero-order chi connectivity index (χ0) is 52.4. The van der Waals surface area contributed by atoms with Gasteiger partial charge in [-0.3, -0.25) is 4.31 Å². The van der Waals surface area contributed by atoms with Crippen LogP contribution in [-0.2, 0) is 35.9 Å². The van der Waals surface area contributed by atoms with Crippen LogP contribution in [0.15, 0.2) is 66.3 Å². The van der Waals surface area contributed by atoms with E-state index in [1.807, 2.05) is 90.1 Å². The monoisotopic (exact) mass is 1050 g/mol. The van der Waals surface area contributed by atoms with Gasteiger partial charge in [-0.25, -0.2) is 40.7 Å². The summed E-state index contributed by atoms with van der Waals surface area (Å²) in [6.45, 7) is 16.6. The van der Waals surface area contributed by atoms with E-state index in [2.05, 4.69) is 40.4 Å². The number of amides is 2. The predicted octanol–water partition coefficient (Wildman–Crippen LogP) is 8.25. The number of carbonyl (C=O) groups excluding carboxylic acids is 2. The van der Waals surface area contributed by atoms with Gasteiger partial charge >= 0.3 is 12.2 Å². The van der Waals surface area contributed by atoms with Crippen molar-refractivity contribution >= 4 is 84.6 Å². The van der Waals surface area contributed by atoms with Gasteiger partial charge < -0.3 is 39.7 Å². The average Bonchev–Trinajstić information content (AvgIpc) is 4.09. The lowest BCUT2D eigenvalue weighted by atomic mass is 10.2. The third-order valence-electron chi connectivity index (χ3n) is 13.8. The minimum atomic E-state index is -3.55. The van der Waals surface area contributed by atoms with Crippen molar-refractivity contribution in [3.05, 3.63) is 77.5 Å². The normalized spacial score (nSPS) is 19.8. The molecule has 0 radical (unpaired) electrons. The van der Waals surface area contributed by atoms with Crippen LogP contribution in [0.2, 0.25) is 0 Å². The molecule has 4 aliphatic heterocycles. The van der Waals surface area contributed by atoms with Crippen molar-refractivity contribution in [1.29, 1.82) is 0 Å². The number of nitrogens with zero attached hydrogens (tertiary/aromatic N) is 10.